The van der Waals surface area contributed by atoms with Crippen LogP contribution < -0.4 is 5.32 Å². The van der Waals surface area contributed by atoms with Gasteiger partial charge in [-0.25, -0.2) is 0 Å². The van der Waals surface area contributed by atoms with E-state index in [4.69, 9.17) is 11.6 Å². The first-order valence-electron chi connectivity index (χ1n) is 8.25. The van der Waals surface area contributed by atoms with Crippen molar-refractivity contribution in [3.8, 4) is 0 Å². The zero-order chi connectivity index (χ0) is 16.9. The van der Waals surface area contributed by atoms with Crippen molar-refractivity contribution in [3.05, 3.63) is 34.3 Å². The number of rotatable bonds is 6. The van der Waals surface area contributed by atoms with Gasteiger partial charge in [0.1, 0.15) is 0 Å². The lowest BCUT2D eigenvalue weighted by molar-refractivity contribution is -0.137. The highest BCUT2D eigenvalue weighted by Gasteiger charge is 2.33. The lowest BCUT2D eigenvalue weighted by Crippen LogP contribution is -2.45. The van der Waals surface area contributed by atoms with Crippen molar-refractivity contribution in [1.29, 1.82) is 0 Å². The van der Waals surface area contributed by atoms with Crippen LogP contribution in [0.1, 0.15) is 49.8 Å². The minimum atomic E-state index is -4.40. The van der Waals surface area contributed by atoms with Gasteiger partial charge in [-0.2, -0.15) is 13.2 Å². The molecule has 1 N–H and O–H groups in total. The molecule has 2 rings (SSSR count). The molecule has 1 atom stereocenters. The van der Waals surface area contributed by atoms with Gasteiger partial charge in [0.2, 0.25) is 0 Å². The molecule has 1 aromatic carbocycles. The molecule has 0 spiro atoms. The van der Waals surface area contributed by atoms with Gasteiger partial charge < -0.3 is 5.32 Å². The third-order valence-corrected chi connectivity index (χ3v) is 4.67. The second-order valence-corrected chi connectivity index (χ2v) is 6.44. The van der Waals surface area contributed by atoms with Crippen LogP contribution in [-0.2, 0) is 6.18 Å². The number of unbranched alkanes of at least 4 members (excludes halogenated alkanes) is 2. The Bertz CT molecular complexity index is 499. The standard InChI is InChI=1S/C17H24ClF3N2/c1-2-3-4-5-16(23-10-8-22-9-11-23)13-6-7-14(15(18)12-13)17(19,20)21/h6-7,12,16,22H,2-5,8-11H2,1H3/t16-/m0/s1. The number of alkyl halides is 3. The van der Waals surface area contributed by atoms with Crippen molar-refractivity contribution in [2.24, 2.45) is 0 Å². The molecular weight excluding hydrogens is 325 g/mol. The number of halogens is 4. The quantitative estimate of drug-likeness (QED) is 0.737. The normalized spacial score (nSPS) is 18.1. The van der Waals surface area contributed by atoms with Gasteiger partial charge in [-0.05, 0) is 24.1 Å². The number of benzene rings is 1. The average molecular weight is 349 g/mol. The van der Waals surface area contributed by atoms with Crippen LogP contribution in [0.3, 0.4) is 0 Å². The maximum atomic E-state index is 12.9. The molecule has 0 saturated carbocycles. The maximum Gasteiger partial charge on any atom is 0.417 e. The summed E-state index contributed by atoms with van der Waals surface area (Å²) in [5.74, 6) is 0. The Labute approximate surface area is 141 Å². The van der Waals surface area contributed by atoms with E-state index >= 15 is 0 Å². The van der Waals surface area contributed by atoms with E-state index in [-0.39, 0.29) is 11.1 Å². The summed E-state index contributed by atoms with van der Waals surface area (Å²) < 4.78 is 38.6. The van der Waals surface area contributed by atoms with Crippen molar-refractivity contribution < 1.29 is 13.2 Å². The van der Waals surface area contributed by atoms with Gasteiger partial charge in [0.25, 0.3) is 0 Å². The number of nitrogens with one attached hydrogen (secondary N) is 1. The second-order valence-electron chi connectivity index (χ2n) is 6.03. The van der Waals surface area contributed by atoms with Crippen LogP contribution in [0.2, 0.25) is 5.02 Å². The first-order chi connectivity index (χ1) is 10.9. The zero-order valence-electron chi connectivity index (χ0n) is 13.4. The molecular formula is C17H24ClF3N2. The van der Waals surface area contributed by atoms with Crippen LogP contribution in [-0.4, -0.2) is 31.1 Å². The van der Waals surface area contributed by atoms with E-state index in [0.717, 1.165) is 63.5 Å². The largest absolute Gasteiger partial charge is 0.417 e. The number of nitrogens with zero attached hydrogens (tertiary/aromatic N) is 1. The molecule has 0 radical (unpaired) electrons. The molecule has 0 unspecified atom stereocenters. The zero-order valence-corrected chi connectivity index (χ0v) is 14.2. The summed E-state index contributed by atoms with van der Waals surface area (Å²) in [4.78, 5) is 2.35. The van der Waals surface area contributed by atoms with Crippen LogP contribution in [0, 0.1) is 0 Å². The van der Waals surface area contributed by atoms with Gasteiger partial charge in [0.05, 0.1) is 10.6 Å². The Morgan fingerprint density at radius 3 is 2.48 bits per heavy atom. The molecule has 23 heavy (non-hydrogen) atoms. The molecule has 0 amide bonds. The Hall–Kier alpha value is -0.780. The molecule has 1 aromatic rings. The topological polar surface area (TPSA) is 15.3 Å². The second kappa shape index (κ2) is 8.36. The number of hydrogen-bond acceptors (Lipinski definition) is 2. The molecule has 1 fully saturated rings. The Balaban J connectivity index is 2.21. The van der Waals surface area contributed by atoms with E-state index in [0.29, 0.717) is 0 Å². The maximum absolute atomic E-state index is 12.9. The van der Waals surface area contributed by atoms with E-state index in [1.165, 1.54) is 6.07 Å². The molecule has 1 aliphatic rings. The third-order valence-electron chi connectivity index (χ3n) is 4.36. The van der Waals surface area contributed by atoms with Crippen molar-refractivity contribution in [2.45, 2.75) is 44.8 Å². The predicted molar refractivity (Wildman–Crippen MR) is 87.8 cm³/mol. The SMILES string of the molecule is CCCCC[C@@H](c1ccc(C(F)(F)F)c(Cl)c1)N1CCNCC1. The van der Waals surface area contributed by atoms with Crippen LogP contribution >= 0.6 is 11.6 Å². The van der Waals surface area contributed by atoms with Crippen LogP contribution in [0.4, 0.5) is 13.2 Å². The molecule has 0 aliphatic carbocycles. The average Bonchev–Trinajstić information content (AvgIpc) is 2.51. The fourth-order valence-corrected chi connectivity index (χ4v) is 3.41. The smallest absolute Gasteiger partial charge is 0.314 e. The van der Waals surface area contributed by atoms with Crippen molar-refractivity contribution in [2.75, 3.05) is 26.2 Å². The minimum Gasteiger partial charge on any atom is -0.314 e. The molecule has 0 aromatic heterocycles. The minimum absolute atomic E-state index is 0.142. The highest BCUT2D eigenvalue weighted by Crippen LogP contribution is 2.37. The highest BCUT2D eigenvalue weighted by molar-refractivity contribution is 6.31. The molecule has 6 heteroatoms. The Kier molecular flexibility index (Phi) is 6.74. The van der Waals surface area contributed by atoms with Crippen molar-refractivity contribution in [3.63, 3.8) is 0 Å². The third kappa shape index (κ3) is 5.10. The van der Waals surface area contributed by atoms with Crippen molar-refractivity contribution in [1.82, 2.24) is 10.2 Å². The van der Waals surface area contributed by atoms with Gasteiger partial charge in [0.15, 0.2) is 0 Å². The van der Waals surface area contributed by atoms with Crippen LogP contribution in [0.25, 0.3) is 0 Å². The summed E-state index contributed by atoms with van der Waals surface area (Å²) in [6.07, 6.45) is -0.110. The summed E-state index contributed by atoms with van der Waals surface area (Å²) in [5.41, 5.74) is 0.136. The van der Waals surface area contributed by atoms with E-state index in [9.17, 15) is 13.2 Å². The number of piperazine rings is 1. The molecule has 0 bridgehead atoms. The summed E-state index contributed by atoms with van der Waals surface area (Å²) in [5, 5.41) is 3.11. The van der Waals surface area contributed by atoms with E-state index in [1.54, 1.807) is 6.07 Å². The monoisotopic (exact) mass is 348 g/mol. The first kappa shape index (κ1) is 18.6. The molecule has 1 aliphatic heterocycles. The molecule has 1 heterocycles. The highest BCUT2D eigenvalue weighted by atomic mass is 35.5. The first-order valence-corrected chi connectivity index (χ1v) is 8.62. The lowest BCUT2D eigenvalue weighted by atomic mass is 9.97. The van der Waals surface area contributed by atoms with Gasteiger partial charge in [-0.1, -0.05) is 43.9 Å². The van der Waals surface area contributed by atoms with Gasteiger partial charge in [-0.15, -0.1) is 0 Å². The fourth-order valence-electron chi connectivity index (χ4n) is 3.11. The summed E-state index contributed by atoms with van der Waals surface area (Å²) in [7, 11) is 0. The summed E-state index contributed by atoms with van der Waals surface area (Å²) >= 11 is 5.91. The molecule has 2 nitrogen and oxygen atoms in total. The summed E-state index contributed by atoms with van der Waals surface area (Å²) in [6, 6.07) is 4.35. The predicted octanol–water partition coefficient (Wildman–Crippen LogP) is 4.89. The Morgan fingerprint density at radius 1 is 1.22 bits per heavy atom. The van der Waals surface area contributed by atoms with Gasteiger partial charge >= 0.3 is 6.18 Å². The van der Waals surface area contributed by atoms with E-state index < -0.39 is 11.7 Å². The van der Waals surface area contributed by atoms with E-state index in [2.05, 4.69) is 17.1 Å². The molecule has 130 valence electrons. The fraction of sp³-hybridized carbons (Fsp3) is 0.647. The van der Waals surface area contributed by atoms with Crippen LogP contribution in [0.5, 0.6) is 0 Å². The molecule has 1 saturated heterocycles. The summed E-state index contributed by atoms with van der Waals surface area (Å²) in [6.45, 7) is 5.80. The van der Waals surface area contributed by atoms with Crippen LogP contribution in [0.15, 0.2) is 18.2 Å². The van der Waals surface area contributed by atoms with Gasteiger partial charge in [-0.3, -0.25) is 4.90 Å². The van der Waals surface area contributed by atoms with Crippen molar-refractivity contribution >= 4 is 11.6 Å². The van der Waals surface area contributed by atoms with E-state index in [1.807, 2.05) is 0 Å². The number of hydrogen-bond donors (Lipinski definition) is 1. The lowest BCUT2D eigenvalue weighted by Gasteiger charge is -2.35. The van der Waals surface area contributed by atoms with Gasteiger partial charge in [0, 0.05) is 32.2 Å². The Morgan fingerprint density at radius 2 is 1.91 bits per heavy atom.